The third-order valence-electron chi connectivity index (χ3n) is 9.53. The predicted molar refractivity (Wildman–Crippen MR) is 171 cm³/mol. The standard InChI is InChI=1S/C37H41N3O3/c1-26(31-18-10-16-29-15-8-9-17-33(29)31)38-21-30-23-40(20-19-32(30)28-13-6-3-7-14-28)36(41)34-24-39(25-35(34)37(42)43)22-27-11-4-2-5-12-27/h2-18,26,30,32,34-35,38H,19-25H2,1H3,(H,42,43)/t26-,30?,32?,34?,35?/m1/s1. The van der Waals surface area contributed by atoms with Gasteiger partial charge in [0.1, 0.15) is 0 Å². The van der Waals surface area contributed by atoms with Crippen LogP contribution in [0, 0.1) is 17.8 Å². The lowest BCUT2D eigenvalue weighted by Crippen LogP contribution is -2.49. The molecule has 5 atom stereocenters. The van der Waals surface area contributed by atoms with Crippen molar-refractivity contribution in [1.82, 2.24) is 15.1 Å². The number of nitrogens with one attached hydrogen (secondary N) is 1. The maximum absolute atomic E-state index is 14.0. The number of rotatable bonds is 9. The number of fused-ring (bicyclic) bond motifs is 1. The molecule has 2 heterocycles. The van der Waals surface area contributed by atoms with Crippen LogP contribution < -0.4 is 5.32 Å². The van der Waals surface area contributed by atoms with Gasteiger partial charge in [0.15, 0.2) is 0 Å². The summed E-state index contributed by atoms with van der Waals surface area (Å²) in [4.78, 5) is 30.4. The maximum Gasteiger partial charge on any atom is 0.308 e. The van der Waals surface area contributed by atoms with Gasteiger partial charge in [-0.25, -0.2) is 0 Å². The molecule has 2 saturated heterocycles. The van der Waals surface area contributed by atoms with Gasteiger partial charge in [0.05, 0.1) is 11.8 Å². The number of carbonyl (C=O) groups excluding carboxylic acids is 1. The molecular weight excluding hydrogens is 534 g/mol. The molecule has 1 amide bonds. The van der Waals surface area contributed by atoms with E-state index in [0.717, 1.165) is 18.5 Å². The second-order valence-electron chi connectivity index (χ2n) is 12.3. The van der Waals surface area contributed by atoms with Crippen LogP contribution in [0.5, 0.6) is 0 Å². The van der Waals surface area contributed by atoms with E-state index in [-0.39, 0.29) is 17.9 Å². The molecule has 0 saturated carbocycles. The van der Waals surface area contributed by atoms with Gasteiger partial charge in [0, 0.05) is 45.3 Å². The quantitative estimate of drug-likeness (QED) is 0.258. The van der Waals surface area contributed by atoms with Gasteiger partial charge in [-0.1, -0.05) is 103 Å². The van der Waals surface area contributed by atoms with Crippen molar-refractivity contribution in [3.05, 3.63) is 120 Å². The van der Waals surface area contributed by atoms with Crippen molar-refractivity contribution in [2.75, 3.05) is 32.7 Å². The number of hydrogen-bond donors (Lipinski definition) is 2. The average molecular weight is 576 g/mol. The molecule has 0 radical (unpaired) electrons. The Kier molecular flexibility index (Phi) is 8.87. The van der Waals surface area contributed by atoms with Crippen LogP contribution in [0.2, 0.25) is 0 Å². The number of carboxylic acids is 1. The van der Waals surface area contributed by atoms with Crippen molar-refractivity contribution < 1.29 is 14.7 Å². The monoisotopic (exact) mass is 575 g/mol. The molecule has 0 aliphatic carbocycles. The van der Waals surface area contributed by atoms with E-state index in [9.17, 15) is 14.7 Å². The Morgan fingerprint density at radius 2 is 1.51 bits per heavy atom. The van der Waals surface area contributed by atoms with Gasteiger partial charge < -0.3 is 15.3 Å². The summed E-state index contributed by atoms with van der Waals surface area (Å²) in [6, 6.07) is 35.8. The summed E-state index contributed by atoms with van der Waals surface area (Å²) in [7, 11) is 0. The summed E-state index contributed by atoms with van der Waals surface area (Å²) in [6.45, 7) is 5.77. The molecule has 0 bridgehead atoms. The second kappa shape index (κ2) is 13.1. The van der Waals surface area contributed by atoms with Gasteiger partial charge in [0.2, 0.25) is 5.91 Å². The van der Waals surface area contributed by atoms with Crippen molar-refractivity contribution in [1.29, 1.82) is 0 Å². The topological polar surface area (TPSA) is 72.9 Å². The molecule has 6 rings (SSSR count). The van der Waals surface area contributed by atoms with Crippen molar-refractivity contribution in [2.24, 2.45) is 17.8 Å². The van der Waals surface area contributed by atoms with Crippen LogP contribution in [-0.4, -0.2) is 59.5 Å². The van der Waals surface area contributed by atoms with Crippen LogP contribution >= 0.6 is 0 Å². The van der Waals surface area contributed by atoms with Crippen molar-refractivity contribution in [3.63, 3.8) is 0 Å². The van der Waals surface area contributed by atoms with E-state index < -0.39 is 17.8 Å². The van der Waals surface area contributed by atoms with E-state index in [4.69, 9.17) is 0 Å². The number of likely N-dealkylation sites (tertiary alicyclic amines) is 2. The minimum atomic E-state index is -0.879. The van der Waals surface area contributed by atoms with Gasteiger partial charge in [-0.2, -0.15) is 0 Å². The third-order valence-corrected chi connectivity index (χ3v) is 9.53. The van der Waals surface area contributed by atoms with E-state index in [1.807, 2.05) is 29.2 Å². The predicted octanol–water partition coefficient (Wildman–Crippen LogP) is 5.96. The minimum Gasteiger partial charge on any atom is -0.481 e. The van der Waals surface area contributed by atoms with Gasteiger partial charge >= 0.3 is 5.97 Å². The smallest absolute Gasteiger partial charge is 0.308 e. The number of benzene rings is 4. The Morgan fingerprint density at radius 1 is 0.837 bits per heavy atom. The molecule has 0 spiro atoms. The molecule has 4 aromatic rings. The number of amides is 1. The first kappa shape index (κ1) is 29.1. The Hall–Kier alpha value is -4.00. The average Bonchev–Trinajstić information content (AvgIpc) is 3.48. The van der Waals surface area contributed by atoms with E-state index in [0.29, 0.717) is 38.6 Å². The lowest BCUT2D eigenvalue weighted by atomic mass is 9.79. The Labute approximate surface area is 254 Å². The summed E-state index contributed by atoms with van der Waals surface area (Å²) in [5.74, 6) is -1.57. The number of hydrogen-bond acceptors (Lipinski definition) is 4. The summed E-state index contributed by atoms with van der Waals surface area (Å²) >= 11 is 0. The molecule has 0 aromatic heterocycles. The molecule has 2 aliphatic heterocycles. The first-order valence-corrected chi connectivity index (χ1v) is 15.5. The first-order valence-electron chi connectivity index (χ1n) is 15.5. The zero-order valence-electron chi connectivity index (χ0n) is 24.8. The fraction of sp³-hybridized carbons (Fsp3) is 0.351. The summed E-state index contributed by atoms with van der Waals surface area (Å²) in [6.07, 6.45) is 0.864. The van der Waals surface area contributed by atoms with Crippen LogP contribution in [0.1, 0.15) is 42.0 Å². The largest absolute Gasteiger partial charge is 0.481 e. The first-order chi connectivity index (χ1) is 21.0. The molecular formula is C37H41N3O3. The fourth-order valence-electron chi connectivity index (χ4n) is 7.24. The molecule has 4 aromatic carbocycles. The van der Waals surface area contributed by atoms with Gasteiger partial charge in [-0.05, 0) is 52.6 Å². The summed E-state index contributed by atoms with van der Waals surface area (Å²) in [5, 5.41) is 16.4. The van der Waals surface area contributed by atoms with Crippen LogP contribution in [-0.2, 0) is 16.1 Å². The highest BCUT2D eigenvalue weighted by atomic mass is 16.4. The molecule has 4 unspecified atom stereocenters. The van der Waals surface area contributed by atoms with E-state index in [2.05, 4.69) is 96.0 Å². The van der Waals surface area contributed by atoms with E-state index >= 15 is 0 Å². The fourth-order valence-corrected chi connectivity index (χ4v) is 7.24. The molecule has 2 fully saturated rings. The number of aliphatic carboxylic acids is 1. The van der Waals surface area contributed by atoms with Crippen LogP contribution in [0.4, 0.5) is 0 Å². The number of carboxylic acid groups (broad SMARTS) is 1. The highest BCUT2D eigenvalue weighted by molar-refractivity contribution is 5.86. The van der Waals surface area contributed by atoms with Crippen molar-refractivity contribution in [3.8, 4) is 0 Å². The molecule has 2 aliphatic rings. The number of carbonyl (C=O) groups is 2. The van der Waals surface area contributed by atoms with Gasteiger partial charge in [-0.15, -0.1) is 0 Å². The van der Waals surface area contributed by atoms with Crippen LogP contribution in [0.3, 0.4) is 0 Å². The Balaban J connectivity index is 1.18. The normalized spacial score (nSPS) is 23.3. The lowest BCUT2D eigenvalue weighted by Gasteiger charge is -2.41. The molecule has 2 N–H and O–H groups in total. The highest BCUT2D eigenvalue weighted by Crippen LogP contribution is 2.36. The lowest BCUT2D eigenvalue weighted by molar-refractivity contribution is -0.149. The van der Waals surface area contributed by atoms with E-state index in [1.165, 1.54) is 21.9 Å². The number of piperidine rings is 1. The Bertz CT molecular complexity index is 1540. The zero-order chi connectivity index (χ0) is 29.8. The van der Waals surface area contributed by atoms with Crippen molar-refractivity contribution >= 4 is 22.6 Å². The molecule has 6 nitrogen and oxygen atoms in total. The second-order valence-corrected chi connectivity index (χ2v) is 12.3. The summed E-state index contributed by atoms with van der Waals surface area (Å²) in [5.41, 5.74) is 3.71. The van der Waals surface area contributed by atoms with Crippen molar-refractivity contribution in [2.45, 2.75) is 31.8 Å². The Morgan fingerprint density at radius 3 is 2.28 bits per heavy atom. The molecule has 43 heavy (non-hydrogen) atoms. The van der Waals surface area contributed by atoms with Crippen LogP contribution in [0.25, 0.3) is 10.8 Å². The maximum atomic E-state index is 14.0. The third kappa shape index (κ3) is 6.51. The van der Waals surface area contributed by atoms with Crippen LogP contribution in [0.15, 0.2) is 103 Å². The zero-order valence-corrected chi connectivity index (χ0v) is 24.8. The SMILES string of the molecule is C[C@@H](NCC1CN(C(=O)C2CN(Cc3ccccc3)CC2C(=O)O)CCC1c1ccccc1)c1cccc2ccccc12. The van der Waals surface area contributed by atoms with E-state index in [1.54, 1.807) is 0 Å². The summed E-state index contributed by atoms with van der Waals surface area (Å²) < 4.78 is 0. The molecule has 222 valence electrons. The minimum absolute atomic E-state index is 0.0124. The highest BCUT2D eigenvalue weighted by Gasteiger charge is 2.45. The molecule has 6 heteroatoms. The van der Waals surface area contributed by atoms with Gasteiger partial charge in [0.25, 0.3) is 0 Å². The van der Waals surface area contributed by atoms with Gasteiger partial charge in [-0.3, -0.25) is 14.5 Å². The number of nitrogens with zero attached hydrogens (tertiary/aromatic N) is 2.